The highest BCUT2D eigenvalue weighted by Gasteiger charge is 2.61. The summed E-state index contributed by atoms with van der Waals surface area (Å²) in [7, 11) is 0. The first kappa shape index (κ1) is 16.5. The molecule has 2 heteroatoms. The molecule has 0 radical (unpaired) electrons. The number of aldehydes is 1. The van der Waals surface area contributed by atoms with Gasteiger partial charge in [-0.05, 0) is 75.0 Å². The monoisotopic (exact) mass is 306 g/mol. The maximum absolute atomic E-state index is 11.0. The number of hydrogen-bond acceptors (Lipinski definition) is 2. The van der Waals surface area contributed by atoms with E-state index in [4.69, 9.17) is 4.74 Å². The largest absolute Gasteiger partial charge is 0.368 e. The summed E-state index contributed by atoms with van der Waals surface area (Å²) >= 11 is 0. The summed E-state index contributed by atoms with van der Waals surface area (Å²) in [5.41, 5.74) is 0.615. The third-order valence-corrected chi connectivity index (χ3v) is 7.70. The van der Waals surface area contributed by atoms with Crippen LogP contribution in [0.1, 0.15) is 86.0 Å². The van der Waals surface area contributed by atoms with Gasteiger partial charge < -0.3 is 9.53 Å². The number of fused-ring (bicyclic) bond motifs is 3. The molecule has 22 heavy (non-hydrogen) atoms. The van der Waals surface area contributed by atoms with E-state index < -0.39 is 0 Å². The highest BCUT2D eigenvalue weighted by molar-refractivity contribution is 5.51. The van der Waals surface area contributed by atoms with E-state index in [1.165, 1.54) is 32.1 Å². The van der Waals surface area contributed by atoms with Crippen molar-refractivity contribution in [2.75, 3.05) is 0 Å². The third-order valence-electron chi connectivity index (χ3n) is 7.70. The van der Waals surface area contributed by atoms with Crippen LogP contribution in [0.4, 0.5) is 0 Å². The van der Waals surface area contributed by atoms with Gasteiger partial charge in [-0.1, -0.05) is 27.2 Å². The van der Waals surface area contributed by atoms with Crippen LogP contribution < -0.4 is 0 Å². The molecule has 2 saturated carbocycles. The minimum Gasteiger partial charge on any atom is -0.368 e. The van der Waals surface area contributed by atoms with Crippen LogP contribution in [0.3, 0.4) is 0 Å². The van der Waals surface area contributed by atoms with Crippen molar-refractivity contribution in [3.8, 4) is 0 Å². The van der Waals surface area contributed by atoms with Crippen molar-refractivity contribution in [1.29, 1.82) is 0 Å². The Morgan fingerprint density at radius 1 is 0.955 bits per heavy atom. The molecule has 1 saturated heterocycles. The van der Waals surface area contributed by atoms with Crippen LogP contribution >= 0.6 is 0 Å². The molecule has 2 aliphatic carbocycles. The van der Waals surface area contributed by atoms with Crippen LogP contribution in [-0.4, -0.2) is 17.5 Å². The lowest BCUT2D eigenvalue weighted by atomic mass is 9.44. The fraction of sp³-hybridized carbons (Fsp3) is 0.950. The number of hydrogen-bond donors (Lipinski definition) is 0. The van der Waals surface area contributed by atoms with Crippen molar-refractivity contribution in [2.45, 2.75) is 97.2 Å². The highest BCUT2D eigenvalue weighted by atomic mass is 16.5. The molecular formula is C20H34O2. The van der Waals surface area contributed by atoms with Gasteiger partial charge in [-0.2, -0.15) is 0 Å². The van der Waals surface area contributed by atoms with Crippen LogP contribution in [0.5, 0.6) is 0 Å². The van der Waals surface area contributed by atoms with Gasteiger partial charge in [0.05, 0.1) is 11.2 Å². The zero-order valence-electron chi connectivity index (χ0n) is 15.2. The topological polar surface area (TPSA) is 26.3 Å². The van der Waals surface area contributed by atoms with E-state index in [2.05, 4.69) is 34.6 Å². The Balaban J connectivity index is 1.90. The number of carbonyl (C=O) groups is 1. The molecule has 2 nitrogen and oxygen atoms in total. The van der Waals surface area contributed by atoms with Gasteiger partial charge in [0, 0.05) is 6.42 Å². The molecule has 0 bridgehead atoms. The molecule has 0 aromatic heterocycles. The molecule has 5 atom stereocenters. The van der Waals surface area contributed by atoms with E-state index in [9.17, 15) is 4.79 Å². The lowest BCUT2D eigenvalue weighted by molar-refractivity contribution is -0.264. The Labute approximate surface area is 136 Å². The zero-order chi connectivity index (χ0) is 16.2. The van der Waals surface area contributed by atoms with Gasteiger partial charge in [-0.15, -0.1) is 0 Å². The lowest BCUT2D eigenvalue weighted by Crippen LogP contribution is -2.62. The minimum atomic E-state index is -0.236. The average molecular weight is 306 g/mol. The van der Waals surface area contributed by atoms with E-state index in [-0.39, 0.29) is 11.2 Å². The predicted molar refractivity (Wildman–Crippen MR) is 89.8 cm³/mol. The van der Waals surface area contributed by atoms with Gasteiger partial charge in [0.1, 0.15) is 6.29 Å². The van der Waals surface area contributed by atoms with Crippen LogP contribution in [0.2, 0.25) is 0 Å². The van der Waals surface area contributed by atoms with Crippen molar-refractivity contribution >= 4 is 6.29 Å². The van der Waals surface area contributed by atoms with Crippen LogP contribution in [0.25, 0.3) is 0 Å². The molecule has 0 unspecified atom stereocenters. The van der Waals surface area contributed by atoms with Crippen molar-refractivity contribution in [1.82, 2.24) is 0 Å². The van der Waals surface area contributed by atoms with E-state index >= 15 is 0 Å². The molecule has 3 rings (SSSR count). The first-order chi connectivity index (χ1) is 10.2. The maximum Gasteiger partial charge on any atom is 0.122 e. The fourth-order valence-electron chi connectivity index (χ4n) is 6.75. The Bertz CT molecular complexity index is 457. The molecule has 126 valence electrons. The first-order valence-corrected chi connectivity index (χ1v) is 9.29. The zero-order valence-corrected chi connectivity index (χ0v) is 15.2. The fourth-order valence-corrected chi connectivity index (χ4v) is 6.75. The quantitative estimate of drug-likeness (QED) is 0.660. The third kappa shape index (κ3) is 2.37. The second kappa shape index (κ2) is 5.06. The molecule has 0 spiro atoms. The minimum absolute atomic E-state index is 0.0331. The molecule has 1 heterocycles. The average Bonchev–Trinajstić information content (AvgIpc) is 2.36. The molecule has 1 aliphatic heterocycles. The summed E-state index contributed by atoms with van der Waals surface area (Å²) in [6.07, 6.45) is 10.4. The van der Waals surface area contributed by atoms with Crippen LogP contribution in [0.15, 0.2) is 0 Å². The molecule has 0 aromatic carbocycles. The number of ether oxygens (including phenoxy) is 1. The van der Waals surface area contributed by atoms with E-state index in [0.717, 1.165) is 25.0 Å². The van der Waals surface area contributed by atoms with E-state index in [1.54, 1.807) is 0 Å². The summed E-state index contributed by atoms with van der Waals surface area (Å²) in [5.74, 6) is 1.48. The standard InChI is InChI=1S/C20H34O2/c1-17(2)9-6-10-19(4)15(17)8-12-20(5)16(19)7-11-18(3,22-20)13-14-21/h14-16H,6-13H2,1-5H3/t15-,16+,18+,19-,20+/m0/s1. The Morgan fingerprint density at radius 2 is 1.64 bits per heavy atom. The summed E-state index contributed by atoms with van der Waals surface area (Å²) < 4.78 is 6.66. The Hall–Kier alpha value is -0.370. The lowest BCUT2D eigenvalue weighted by Gasteiger charge is -2.65. The highest BCUT2D eigenvalue weighted by Crippen LogP contribution is 2.65. The molecule has 0 N–H and O–H groups in total. The van der Waals surface area contributed by atoms with Gasteiger partial charge in [-0.25, -0.2) is 0 Å². The summed E-state index contributed by atoms with van der Waals surface area (Å²) in [6.45, 7) is 12.0. The van der Waals surface area contributed by atoms with E-state index in [0.29, 0.717) is 23.2 Å². The summed E-state index contributed by atoms with van der Waals surface area (Å²) in [6, 6.07) is 0. The molecule has 0 aromatic rings. The van der Waals surface area contributed by atoms with Gasteiger partial charge in [0.15, 0.2) is 0 Å². The van der Waals surface area contributed by atoms with Crippen molar-refractivity contribution < 1.29 is 9.53 Å². The maximum atomic E-state index is 11.0. The van der Waals surface area contributed by atoms with Crippen LogP contribution in [-0.2, 0) is 9.53 Å². The predicted octanol–water partition coefficient (Wildman–Crippen LogP) is 5.15. The van der Waals surface area contributed by atoms with E-state index in [1.807, 2.05) is 0 Å². The second-order valence-electron chi connectivity index (χ2n) is 9.77. The molecular weight excluding hydrogens is 272 g/mol. The number of rotatable bonds is 2. The van der Waals surface area contributed by atoms with Crippen LogP contribution in [0, 0.1) is 22.7 Å². The van der Waals surface area contributed by atoms with Gasteiger partial charge in [-0.3, -0.25) is 0 Å². The van der Waals surface area contributed by atoms with Crippen molar-refractivity contribution in [2.24, 2.45) is 22.7 Å². The normalized spacial score (nSPS) is 50.8. The Kier molecular flexibility index (Phi) is 3.79. The molecule has 0 amide bonds. The van der Waals surface area contributed by atoms with Crippen molar-refractivity contribution in [3.05, 3.63) is 0 Å². The Morgan fingerprint density at radius 3 is 2.32 bits per heavy atom. The smallest absolute Gasteiger partial charge is 0.122 e. The van der Waals surface area contributed by atoms with Gasteiger partial charge in [0.25, 0.3) is 0 Å². The second-order valence-corrected chi connectivity index (χ2v) is 9.77. The first-order valence-electron chi connectivity index (χ1n) is 9.29. The van der Waals surface area contributed by atoms with Crippen molar-refractivity contribution in [3.63, 3.8) is 0 Å². The molecule has 3 fully saturated rings. The van der Waals surface area contributed by atoms with Gasteiger partial charge in [0.2, 0.25) is 0 Å². The number of carbonyl (C=O) groups excluding carboxylic acids is 1. The molecule has 3 aliphatic rings. The summed E-state index contributed by atoms with van der Waals surface area (Å²) in [4.78, 5) is 11.0. The SMILES string of the molecule is CC1(C)CCC[C@]2(C)[C@H]3CC[C@](C)(CC=O)O[C@]3(C)CC[C@@H]12. The summed E-state index contributed by atoms with van der Waals surface area (Å²) in [5, 5.41) is 0. The van der Waals surface area contributed by atoms with Gasteiger partial charge >= 0.3 is 0 Å².